The first-order valence-electron chi connectivity index (χ1n) is 19.9. The first-order chi connectivity index (χ1) is 29.2. The molecule has 9 aromatic carbocycles. The van der Waals surface area contributed by atoms with E-state index in [4.69, 9.17) is 4.98 Å². The molecule has 0 spiro atoms. The zero-order valence-electron chi connectivity index (χ0n) is 32.1. The summed E-state index contributed by atoms with van der Waals surface area (Å²) in [5.74, 6) is 0. The molecule has 0 atom stereocenters. The van der Waals surface area contributed by atoms with Gasteiger partial charge in [0.2, 0.25) is 0 Å². The molecule has 0 fully saturated rings. The predicted molar refractivity (Wildman–Crippen MR) is 250 cm³/mol. The van der Waals surface area contributed by atoms with E-state index in [0.29, 0.717) is 0 Å². The molecule has 59 heavy (non-hydrogen) atoms. The molecule has 0 aliphatic rings. The van der Waals surface area contributed by atoms with Gasteiger partial charge >= 0.3 is 0 Å². The lowest BCUT2D eigenvalue weighted by molar-refractivity contribution is 1.18. The fraction of sp³-hybridized carbons (Fsp3) is 0. The van der Waals surface area contributed by atoms with Gasteiger partial charge in [-0.15, -0.1) is 11.3 Å². The maximum absolute atomic E-state index is 4.92. The second-order valence-corrected chi connectivity index (χ2v) is 15.9. The Balaban J connectivity index is 0.988. The van der Waals surface area contributed by atoms with E-state index in [9.17, 15) is 0 Å². The maximum atomic E-state index is 4.92. The van der Waals surface area contributed by atoms with Gasteiger partial charge in [-0.1, -0.05) is 127 Å². The third-order valence-corrected chi connectivity index (χ3v) is 12.3. The highest BCUT2D eigenvalue weighted by molar-refractivity contribution is 7.21. The van der Waals surface area contributed by atoms with Gasteiger partial charge in [0, 0.05) is 39.1 Å². The normalized spacial score (nSPS) is 11.4. The van der Waals surface area contributed by atoms with E-state index < -0.39 is 0 Å². The number of anilines is 3. The summed E-state index contributed by atoms with van der Waals surface area (Å²) in [4.78, 5) is 7.26. The number of fused-ring (bicyclic) bond motifs is 4. The molecule has 3 nitrogen and oxygen atoms in total. The molecule has 278 valence electrons. The van der Waals surface area contributed by atoms with Crippen molar-refractivity contribution in [3.05, 3.63) is 224 Å². The van der Waals surface area contributed by atoms with Crippen LogP contribution in [0.2, 0.25) is 0 Å². The Labute approximate surface area is 347 Å². The standard InChI is InChI=1S/C55H37N3S/c1-4-12-38(13-5-1)40-20-28-46(29-21-40)57(48-32-24-42(25-33-48)55-56-51-18-10-11-19-54(51)59-55)47-30-22-41(23-31-47)44-27-35-53-50(37-44)49-36-43(39-14-6-2-7-15-39)26-34-52(49)58(53)45-16-8-3-9-17-45/h1-37H. The monoisotopic (exact) mass is 771 g/mol. The van der Waals surface area contributed by atoms with E-state index in [1.807, 2.05) is 6.07 Å². The van der Waals surface area contributed by atoms with Gasteiger partial charge in [0.25, 0.3) is 0 Å². The average molecular weight is 772 g/mol. The van der Waals surface area contributed by atoms with Crippen LogP contribution in [-0.2, 0) is 0 Å². The van der Waals surface area contributed by atoms with Crippen molar-refractivity contribution in [2.45, 2.75) is 0 Å². The van der Waals surface area contributed by atoms with Gasteiger partial charge < -0.3 is 9.47 Å². The lowest BCUT2D eigenvalue weighted by Crippen LogP contribution is -2.09. The molecule has 0 amide bonds. The Kier molecular flexibility index (Phi) is 8.68. The van der Waals surface area contributed by atoms with E-state index in [-0.39, 0.29) is 0 Å². The van der Waals surface area contributed by atoms with Gasteiger partial charge in [0.1, 0.15) is 5.01 Å². The van der Waals surface area contributed by atoms with E-state index in [2.05, 4.69) is 228 Å². The summed E-state index contributed by atoms with van der Waals surface area (Å²) in [7, 11) is 0. The minimum absolute atomic E-state index is 1.03. The smallest absolute Gasteiger partial charge is 0.124 e. The molecule has 11 rings (SSSR count). The zero-order valence-corrected chi connectivity index (χ0v) is 32.9. The van der Waals surface area contributed by atoms with Gasteiger partial charge in [-0.3, -0.25) is 0 Å². The highest BCUT2D eigenvalue weighted by Crippen LogP contribution is 2.41. The van der Waals surface area contributed by atoms with Crippen molar-refractivity contribution in [1.82, 2.24) is 9.55 Å². The summed E-state index contributed by atoms with van der Waals surface area (Å²) in [6.07, 6.45) is 0. The van der Waals surface area contributed by atoms with Crippen LogP contribution in [0.3, 0.4) is 0 Å². The Morgan fingerprint density at radius 1 is 0.356 bits per heavy atom. The molecule has 2 heterocycles. The highest BCUT2D eigenvalue weighted by Gasteiger charge is 2.17. The van der Waals surface area contributed by atoms with Crippen LogP contribution in [0, 0.1) is 0 Å². The summed E-state index contributed by atoms with van der Waals surface area (Å²) >= 11 is 1.73. The second-order valence-electron chi connectivity index (χ2n) is 14.8. The molecule has 0 unspecified atom stereocenters. The first-order valence-corrected chi connectivity index (χ1v) is 20.8. The van der Waals surface area contributed by atoms with Crippen molar-refractivity contribution >= 4 is 60.4 Å². The van der Waals surface area contributed by atoms with Gasteiger partial charge in [-0.05, 0) is 130 Å². The molecule has 0 bridgehead atoms. The summed E-state index contributed by atoms with van der Waals surface area (Å²) in [5, 5.41) is 3.50. The van der Waals surface area contributed by atoms with E-state index in [1.165, 1.54) is 59.9 Å². The topological polar surface area (TPSA) is 21.1 Å². The molecule has 4 heteroatoms. The summed E-state index contributed by atoms with van der Waals surface area (Å²) < 4.78 is 3.58. The molecule has 0 aliphatic heterocycles. The van der Waals surface area contributed by atoms with Crippen LogP contribution in [0.4, 0.5) is 17.1 Å². The molecule has 0 N–H and O–H groups in total. The third-order valence-electron chi connectivity index (χ3n) is 11.2. The lowest BCUT2D eigenvalue weighted by atomic mass is 10.00. The van der Waals surface area contributed by atoms with Crippen molar-refractivity contribution in [2.24, 2.45) is 0 Å². The number of benzene rings is 9. The van der Waals surface area contributed by atoms with E-state index in [1.54, 1.807) is 11.3 Å². The largest absolute Gasteiger partial charge is 0.311 e. The molecule has 0 saturated carbocycles. The zero-order chi connectivity index (χ0) is 39.1. The minimum atomic E-state index is 1.03. The predicted octanol–water partition coefficient (Wildman–Crippen LogP) is 15.5. The Hall–Kier alpha value is -7.53. The average Bonchev–Trinajstić information content (AvgIpc) is 3.90. The number of hydrogen-bond donors (Lipinski definition) is 0. The Bertz CT molecular complexity index is 3190. The fourth-order valence-corrected chi connectivity index (χ4v) is 9.27. The van der Waals surface area contributed by atoms with Gasteiger partial charge in [0.05, 0.1) is 21.3 Å². The van der Waals surface area contributed by atoms with Crippen LogP contribution in [0.25, 0.3) is 81.7 Å². The fourth-order valence-electron chi connectivity index (χ4n) is 8.30. The number of nitrogens with zero attached hydrogens (tertiary/aromatic N) is 3. The quantitative estimate of drug-likeness (QED) is 0.153. The Morgan fingerprint density at radius 3 is 1.29 bits per heavy atom. The summed E-state index contributed by atoms with van der Waals surface area (Å²) in [5.41, 5.74) is 16.1. The summed E-state index contributed by atoms with van der Waals surface area (Å²) in [6.45, 7) is 0. The number of thiazole rings is 1. The van der Waals surface area contributed by atoms with Crippen molar-refractivity contribution in [1.29, 1.82) is 0 Å². The Morgan fingerprint density at radius 2 is 0.763 bits per heavy atom. The second kappa shape index (κ2) is 14.8. The van der Waals surface area contributed by atoms with Crippen LogP contribution in [-0.4, -0.2) is 9.55 Å². The molecule has 2 aromatic heterocycles. The molecular formula is C55H37N3S. The number of rotatable bonds is 8. The van der Waals surface area contributed by atoms with Crippen LogP contribution in [0.1, 0.15) is 0 Å². The van der Waals surface area contributed by atoms with Crippen molar-refractivity contribution < 1.29 is 0 Å². The van der Waals surface area contributed by atoms with Crippen molar-refractivity contribution in [2.75, 3.05) is 4.90 Å². The van der Waals surface area contributed by atoms with Gasteiger partial charge in [-0.2, -0.15) is 0 Å². The van der Waals surface area contributed by atoms with Crippen LogP contribution in [0.5, 0.6) is 0 Å². The molecule has 0 radical (unpaired) electrons. The molecule has 11 aromatic rings. The first kappa shape index (κ1) is 34.7. The number of aromatic nitrogens is 2. The van der Waals surface area contributed by atoms with Gasteiger partial charge in [0.15, 0.2) is 0 Å². The van der Waals surface area contributed by atoms with E-state index in [0.717, 1.165) is 38.8 Å². The molecule has 0 aliphatic carbocycles. The number of hydrogen-bond acceptors (Lipinski definition) is 3. The third kappa shape index (κ3) is 6.46. The van der Waals surface area contributed by atoms with Gasteiger partial charge in [-0.25, -0.2) is 4.98 Å². The molecule has 0 saturated heterocycles. The minimum Gasteiger partial charge on any atom is -0.311 e. The number of para-hydroxylation sites is 2. The summed E-state index contributed by atoms with van der Waals surface area (Å²) in [6, 6.07) is 80.6. The maximum Gasteiger partial charge on any atom is 0.124 e. The lowest BCUT2D eigenvalue weighted by Gasteiger charge is -2.26. The van der Waals surface area contributed by atoms with Crippen molar-refractivity contribution in [3.63, 3.8) is 0 Å². The SMILES string of the molecule is c1ccc(-c2ccc(N(c3ccc(-c4ccc5c(c4)c4cc(-c6ccccc6)ccc4n5-c4ccccc4)cc3)c3ccc(-c4nc5ccccc5s4)cc3)cc2)cc1. The highest BCUT2D eigenvalue weighted by atomic mass is 32.1. The van der Waals surface area contributed by atoms with Crippen LogP contribution in [0.15, 0.2) is 224 Å². The van der Waals surface area contributed by atoms with Crippen LogP contribution < -0.4 is 4.90 Å². The molecular weight excluding hydrogens is 735 g/mol. The van der Waals surface area contributed by atoms with E-state index >= 15 is 0 Å². The van der Waals surface area contributed by atoms with Crippen molar-refractivity contribution in [3.8, 4) is 49.6 Å². The van der Waals surface area contributed by atoms with Crippen LogP contribution >= 0.6 is 11.3 Å².